The Morgan fingerprint density at radius 2 is 2.17 bits per heavy atom. The minimum Gasteiger partial charge on any atom is -0.497 e. The SMILES string of the molecule is COc1ccc(C(=O)NC(C)(C)CCCl)c(F)c1. The molecule has 1 aromatic carbocycles. The summed E-state index contributed by atoms with van der Waals surface area (Å²) in [5.74, 6) is -0.249. The zero-order valence-electron chi connectivity index (χ0n) is 10.7. The molecule has 0 bridgehead atoms. The maximum Gasteiger partial charge on any atom is 0.254 e. The number of nitrogens with one attached hydrogen (secondary N) is 1. The first-order valence-corrected chi connectivity index (χ1v) is 6.15. The Morgan fingerprint density at radius 3 is 2.67 bits per heavy atom. The Bertz CT molecular complexity index is 435. The van der Waals surface area contributed by atoms with Crippen LogP contribution in [0.15, 0.2) is 18.2 Å². The van der Waals surface area contributed by atoms with Crippen molar-refractivity contribution in [1.82, 2.24) is 5.32 Å². The van der Waals surface area contributed by atoms with Gasteiger partial charge in [0.2, 0.25) is 0 Å². The molecule has 0 aliphatic carbocycles. The fourth-order valence-electron chi connectivity index (χ4n) is 1.48. The summed E-state index contributed by atoms with van der Waals surface area (Å²) in [6, 6.07) is 4.14. The van der Waals surface area contributed by atoms with Crippen molar-refractivity contribution in [2.45, 2.75) is 25.8 Å². The van der Waals surface area contributed by atoms with E-state index in [1.54, 1.807) is 6.07 Å². The van der Waals surface area contributed by atoms with Crippen molar-refractivity contribution >= 4 is 17.5 Å². The van der Waals surface area contributed by atoms with E-state index >= 15 is 0 Å². The molecular formula is C13H17ClFNO2. The Balaban J connectivity index is 2.85. The summed E-state index contributed by atoms with van der Waals surface area (Å²) in [5.41, 5.74) is -0.468. The van der Waals surface area contributed by atoms with Crippen molar-refractivity contribution in [3.05, 3.63) is 29.6 Å². The van der Waals surface area contributed by atoms with Gasteiger partial charge in [-0.3, -0.25) is 4.79 Å². The predicted molar refractivity (Wildman–Crippen MR) is 69.8 cm³/mol. The summed E-state index contributed by atoms with van der Waals surface area (Å²) >= 11 is 5.64. The van der Waals surface area contributed by atoms with Crippen LogP contribution in [0.4, 0.5) is 4.39 Å². The van der Waals surface area contributed by atoms with E-state index in [2.05, 4.69) is 5.32 Å². The van der Waals surface area contributed by atoms with E-state index in [4.69, 9.17) is 16.3 Å². The van der Waals surface area contributed by atoms with Gasteiger partial charge in [0.05, 0.1) is 12.7 Å². The number of benzene rings is 1. The van der Waals surface area contributed by atoms with Crippen LogP contribution in [0.5, 0.6) is 5.75 Å². The summed E-state index contributed by atoms with van der Waals surface area (Å²) in [4.78, 5) is 11.9. The lowest BCUT2D eigenvalue weighted by molar-refractivity contribution is 0.0907. The Labute approximate surface area is 111 Å². The van der Waals surface area contributed by atoms with Gasteiger partial charge in [-0.1, -0.05) is 0 Å². The number of alkyl halides is 1. The summed E-state index contributed by atoms with van der Waals surface area (Å²) in [5, 5.41) is 2.75. The number of ether oxygens (including phenoxy) is 1. The number of hydrogen-bond acceptors (Lipinski definition) is 2. The number of carbonyl (C=O) groups is 1. The fourth-order valence-corrected chi connectivity index (χ4v) is 1.95. The summed E-state index contributed by atoms with van der Waals surface area (Å²) in [6.45, 7) is 3.68. The maximum atomic E-state index is 13.7. The van der Waals surface area contributed by atoms with Gasteiger partial charge in [-0.25, -0.2) is 4.39 Å². The van der Waals surface area contributed by atoms with Crippen LogP contribution >= 0.6 is 11.6 Å². The molecule has 3 nitrogen and oxygen atoms in total. The third-order valence-electron chi connectivity index (χ3n) is 2.59. The third kappa shape index (κ3) is 3.88. The number of rotatable bonds is 5. The van der Waals surface area contributed by atoms with Crippen molar-refractivity contribution < 1.29 is 13.9 Å². The third-order valence-corrected chi connectivity index (χ3v) is 2.78. The van der Waals surface area contributed by atoms with Crippen molar-refractivity contribution in [1.29, 1.82) is 0 Å². The molecule has 0 aliphatic heterocycles. The smallest absolute Gasteiger partial charge is 0.254 e. The van der Waals surface area contributed by atoms with E-state index in [1.807, 2.05) is 13.8 Å². The van der Waals surface area contributed by atoms with Gasteiger partial charge in [0.25, 0.3) is 5.91 Å². The van der Waals surface area contributed by atoms with Gasteiger partial charge in [-0.05, 0) is 32.4 Å². The molecule has 1 aromatic rings. The van der Waals surface area contributed by atoms with Crippen LogP contribution in [0.3, 0.4) is 0 Å². The molecule has 0 atom stereocenters. The molecule has 1 amide bonds. The van der Waals surface area contributed by atoms with Gasteiger partial charge < -0.3 is 10.1 Å². The molecule has 0 spiro atoms. The van der Waals surface area contributed by atoms with Gasteiger partial charge in [0.15, 0.2) is 0 Å². The highest BCUT2D eigenvalue weighted by Gasteiger charge is 2.22. The molecule has 1 rings (SSSR count). The Hall–Kier alpha value is -1.29. The molecule has 0 saturated carbocycles. The highest BCUT2D eigenvalue weighted by Crippen LogP contribution is 2.17. The number of methoxy groups -OCH3 is 1. The van der Waals surface area contributed by atoms with Crippen molar-refractivity contribution in [2.75, 3.05) is 13.0 Å². The van der Waals surface area contributed by atoms with E-state index in [0.717, 1.165) is 0 Å². The largest absolute Gasteiger partial charge is 0.497 e. The van der Waals surface area contributed by atoms with Crippen LogP contribution in [0.25, 0.3) is 0 Å². The molecule has 18 heavy (non-hydrogen) atoms. The molecule has 5 heteroatoms. The molecule has 1 N–H and O–H groups in total. The van der Waals surface area contributed by atoms with Gasteiger partial charge in [0.1, 0.15) is 11.6 Å². The molecule has 0 fully saturated rings. The second kappa shape index (κ2) is 6.05. The van der Waals surface area contributed by atoms with E-state index in [-0.39, 0.29) is 5.56 Å². The van der Waals surface area contributed by atoms with Gasteiger partial charge >= 0.3 is 0 Å². The molecule has 0 heterocycles. The van der Waals surface area contributed by atoms with Gasteiger partial charge in [-0.2, -0.15) is 0 Å². The molecule has 0 aromatic heterocycles. The normalized spacial score (nSPS) is 11.2. The molecule has 0 aliphatic rings. The Kier molecular flexibility index (Phi) is 4.96. The summed E-state index contributed by atoms with van der Waals surface area (Å²) in [7, 11) is 1.44. The molecule has 0 radical (unpaired) electrons. The summed E-state index contributed by atoms with van der Waals surface area (Å²) in [6.07, 6.45) is 0.609. The molecular weight excluding hydrogens is 257 g/mol. The topological polar surface area (TPSA) is 38.3 Å². The minimum absolute atomic E-state index is 0.00144. The van der Waals surface area contributed by atoms with Crippen LogP contribution in [0, 0.1) is 5.82 Å². The van der Waals surface area contributed by atoms with Crippen LogP contribution in [0.1, 0.15) is 30.6 Å². The first-order valence-electron chi connectivity index (χ1n) is 5.61. The van der Waals surface area contributed by atoms with Crippen LogP contribution in [-0.2, 0) is 0 Å². The number of amides is 1. The lowest BCUT2D eigenvalue weighted by atomic mass is 10.0. The van der Waals surface area contributed by atoms with Gasteiger partial charge in [-0.15, -0.1) is 11.6 Å². The van der Waals surface area contributed by atoms with E-state index < -0.39 is 17.3 Å². The van der Waals surface area contributed by atoms with Crippen LogP contribution in [-0.4, -0.2) is 24.4 Å². The monoisotopic (exact) mass is 273 g/mol. The van der Waals surface area contributed by atoms with E-state index in [1.165, 1.54) is 19.2 Å². The second-order valence-electron chi connectivity index (χ2n) is 4.62. The first kappa shape index (κ1) is 14.8. The van der Waals surface area contributed by atoms with Crippen molar-refractivity contribution in [3.63, 3.8) is 0 Å². The Morgan fingerprint density at radius 1 is 1.50 bits per heavy atom. The van der Waals surface area contributed by atoms with Crippen molar-refractivity contribution in [2.24, 2.45) is 0 Å². The molecule has 100 valence electrons. The second-order valence-corrected chi connectivity index (χ2v) is 5.00. The van der Waals surface area contributed by atoms with Crippen LogP contribution in [0.2, 0.25) is 0 Å². The van der Waals surface area contributed by atoms with Gasteiger partial charge in [0, 0.05) is 17.5 Å². The number of halogens is 2. The number of hydrogen-bond donors (Lipinski definition) is 1. The number of carbonyl (C=O) groups excluding carboxylic acids is 1. The average molecular weight is 274 g/mol. The zero-order chi connectivity index (χ0) is 13.8. The predicted octanol–water partition coefficient (Wildman–Crippen LogP) is 2.97. The highest BCUT2D eigenvalue weighted by molar-refractivity contribution is 6.17. The van der Waals surface area contributed by atoms with E-state index in [9.17, 15) is 9.18 Å². The zero-order valence-corrected chi connectivity index (χ0v) is 11.5. The molecule has 0 saturated heterocycles. The summed E-state index contributed by atoms with van der Waals surface area (Å²) < 4.78 is 18.6. The van der Waals surface area contributed by atoms with Crippen LogP contribution < -0.4 is 10.1 Å². The standard InChI is InChI=1S/C13H17ClFNO2/c1-13(2,6-7-14)16-12(17)10-5-4-9(18-3)8-11(10)15/h4-5,8H,6-7H2,1-3H3,(H,16,17). The van der Waals surface area contributed by atoms with E-state index in [0.29, 0.717) is 18.1 Å². The minimum atomic E-state index is -0.603. The molecule has 0 unspecified atom stereocenters. The lowest BCUT2D eigenvalue weighted by Gasteiger charge is -2.25. The highest BCUT2D eigenvalue weighted by atomic mass is 35.5. The average Bonchev–Trinajstić information content (AvgIpc) is 2.27. The fraction of sp³-hybridized carbons (Fsp3) is 0.462. The lowest BCUT2D eigenvalue weighted by Crippen LogP contribution is -2.44. The quantitative estimate of drug-likeness (QED) is 0.838. The van der Waals surface area contributed by atoms with Crippen molar-refractivity contribution in [3.8, 4) is 5.75 Å². The maximum absolute atomic E-state index is 13.7. The first-order chi connectivity index (χ1) is 8.39.